The van der Waals surface area contributed by atoms with E-state index in [0.29, 0.717) is 55.6 Å². The number of halogens is 3. The number of benzene rings is 2. The van der Waals surface area contributed by atoms with E-state index in [1.54, 1.807) is 36.4 Å². The summed E-state index contributed by atoms with van der Waals surface area (Å²) in [5.74, 6) is 0.164. The predicted molar refractivity (Wildman–Crippen MR) is 129 cm³/mol. The molecule has 1 aliphatic rings. The number of furan rings is 1. The molecule has 0 aliphatic heterocycles. The van der Waals surface area contributed by atoms with Crippen LogP contribution in [0.5, 0.6) is 0 Å². The Bertz CT molecular complexity index is 1250. The quantitative estimate of drug-likeness (QED) is 0.381. The summed E-state index contributed by atoms with van der Waals surface area (Å²) in [6.45, 7) is 1.81. The Morgan fingerprint density at radius 3 is 2.59 bits per heavy atom. The third-order valence-corrected chi connectivity index (χ3v) is 6.55. The fourth-order valence-electron chi connectivity index (χ4n) is 3.58. The van der Waals surface area contributed by atoms with Crippen molar-refractivity contribution < 1.29 is 14.0 Å². The lowest BCUT2D eigenvalue weighted by atomic mass is 9.93. The lowest BCUT2D eigenvalue weighted by molar-refractivity contribution is 0.0952. The van der Waals surface area contributed by atoms with Gasteiger partial charge in [-0.2, -0.15) is 5.10 Å². The Morgan fingerprint density at radius 1 is 1.06 bits per heavy atom. The molecular weight excluding hydrogens is 517 g/mol. The first-order chi connectivity index (χ1) is 15.3. The number of carbonyl (C=O) groups is 2. The third-order valence-electron chi connectivity index (χ3n) is 5.12. The Balaban J connectivity index is 1.57. The van der Waals surface area contributed by atoms with E-state index in [9.17, 15) is 9.59 Å². The second-order valence-corrected chi connectivity index (χ2v) is 8.94. The van der Waals surface area contributed by atoms with Crippen molar-refractivity contribution in [2.75, 3.05) is 5.32 Å². The molecule has 1 aromatic heterocycles. The van der Waals surface area contributed by atoms with Crippen molar-refractivity contribution >= 4 is 62.3 Å². The molecule has 3 aromatic rings. The summed E-state index contributed by atoms with van der Waals surface area (Å²) in [4.78, 5) is 25.4. The number of hydrogen-bond donors (Lipinski definition) is 2. The van der Waals surface area contributed by atoms with Gasteiger partial charge in [-0.1, -0.05) is 35.3 Å². The van der Waals surface area contributed by atoms with Crippen LogP contribution in [-0.2, 0) is 6.42 Å². The minimum absolute atomic E-state index is 0.202. The van der Waals surface area contributed by atoms with Crippen LogP contribution in [0.2, 0.25) is 10.0 Å². The van der Waals surface area contributed by atoms with Gasteiger partial charge in [0.05, 0.1) is 21.3 Å². The number of rotatable bonds is 4. The molecule has 1 aliphatic carbocycles. The molecule has 0 spiro atoms. The molecule has 0 bridgehead atoms. The summed E-state index contributed by atoms with van der Waals surface area (Å²) in [6, 6.07) is 12.0. The average Bonchev–Trinajstić information content (AvgIpc) is 3.12. The first-order valence-corrected chi connectivity index (χ1v) is 11.4. The topological polar surface area (TPSA) is 83.7 Å². The Morgan fingerprint density at radius 2 is 1.84 bits per heavy atom. The number of anilines is 1. The smallest absolute Gasteiger partial charge is 0.291 e. The van der Waals surface area contributed by atoms with Crippen LogP contribution in [0.3, 0.4) is 0 Å². The van der Waals surface area contributed by atoms with Crippen LogP contribution in [-0.4, -0.2) is 17.5 Å². The molecule has 6 nitrogen and oxygen atoms in total. The lowest BCUT2D eigenvalue weighted by Crippen LogP contribution is -2.22. The van der Waals surface area contributed by atoms with Gasteiger partial charge >= 0.3 is 0 Å². The van der Waals surface area contributed by atoms with Crippen molar-refractivity contribution in [1.82, 2.24) is 5.43 Å². The molecule has 2 aromatic carbocycles. The molecule has 0 fully saturated rings. The van der Waals surface area contributed by atoms with E-state index < -0.39 is 5.91 Å². The molecule has 0 atom stereocenters. The number of nitrogens with one attached hydrogen (secondary N) is 2. The highest BCUT2D eigenvalue weighted by molar-refractivity contribution is 9.10. The van der Waals surface area contributed by atoms with E-state index in [0.717, 1.165) is 12.0 Å². The molecule has 1 heterocycles. The van der Waals surface area contributed by atoms with Crippen molar-refractivity contribution in [3.05, 3.63) is 85.2 Å². The largest absolute Gasteiger partial charge is 0.455 e. The molecule has 9 heteroatoms. The second kappa shape index (κ2) is 9.48. The summed E-state index contributed by atoms with van der Waals surface area (Å²) in [6.07, 6.45) is 2.16. The average molecular weight is 535 g/mol. The summed E-state index contributed by atoms with van der Waals surface area (Å²) >= 11 is 15.3. The molecule has 0 unspecified atom stereocenters. The van der Waals surface area contributed by atoms with Gasteiger partial charge in [0.2, 0.25) is 0 Å². The summed E-state index contributed by atoms with van der Waals surface area (Å²) in [7, 11) is 0. The molecule has 2 amide bonds. The Kier molecular flexibility index (Phi) is 6.69. The predicted octanol–water partition coefficient (Wildman–Crippen LogP) is 6.38. The minimum Gasteiger partial charge on any atom is -0.455 e. The Labute approximate surface area is 203 Å². The molecular formula is C23H18BrCl2N3O3. The maximum atomic E-state index is 12.8. The molecule has 164 valence electrons. The van der Waals surface area contributed by atoms with Gasteiger partial charge in [-0.25, -0.2) is 5.43 Å². The van der Waals surface area contributed by atoms with Crippen LogP contribution in [0.4, 0.5) is 5.69 Å². The van der Waals surface area contributed by atoms with E-state index in [-0.39, 0.29) is 11.7 Å². The van der Waals surface area contributed by atoms with E-state index >= 15 is 0 Å². The highest BCUT2D eigenvalue weighted by Crippen LogP contribution is 2.31. The first-order valence-electron chi connectivity index (χ1n) is 9.85. The third kappa shape index (κ3) is 4.60. The molecule has 0 radical (unpaired) electrons. The number of hydrogen-bond acceptors (Lipinski definition) is 4. The van der Waals surface area contributed by atoms with E-state index in [1.807, 2.05) is 13.0 Å². The minimum atomic E-state index is -0.396. The number of fused-ring (bicyclic) bond motifs is 1. The van der Waals surface area contributed by atoms with E-state index in [2.05, 4.69) is 31.8 Å². The monoisotopic (exact) mass is 533 g/mol. The number of amides is 2. The van der Waals surface area contributed by atoms with Gasteiger partial charge in [0.1, 0.15) is 5.76 Å². The fraction of sp³-hybridized carbons (Fsp3) is 0.174. The van der Waals surface area contributed by atoms with Crippen molar-refractivity contribution in [2.24, 2.45) is 5.10 Å². The van der Waals surface area contributed by atoms with Crippen molar-refractivity contribution in [3.8, 4) is 0 Å². The highest BCUT2D eigenvalue weighted by atomic mass is 79.9. The summed E-state index contributed by atoms with van der Waals surface area (Å²) in [5, 5.41) is 7.88. The van der Waals surface area contributed by atoms with Crippen LogP contribution in [0.1, 0.15) is 50.6 Å². The molecule has 0 saturated carbocycles. The lowest BCUT2D eigenvalue weighted by Gasteiger charge is -2.13. The molecule has 32 heavy (non-hydrogen) atoms. The second-order valence-electron chi connectivity index (χ2n) is 7.27. The SMILES string of the molecule is Cc1c(C(=O)Nc2ccc(Cl)c(Cl)c2)oc2c1/C(=N/NC(=O)c1ccccc1Br)CCC2. The summed E-state index contributed by atoms with van der Waals surface area (Å²) in [5.41, 5.74) is 5.73. The Hall–Kier alpha value is -2.61. The van der Waals surface area contributed by atoms with Crippen LogP contribution in [0.25, 0.3) is 0 Å². The number of hydrazone groups is 1. The van der Waals surface area contributed by atoms with Crippen LogP contribution in [0.15, 0.2) is 56.5 Å². The number of aryl methyl sites for hydroxylation is 1. The first kappa shape index (κ1) is 22.6. The standard InChI is InChI=1S/C23H18BrCl2N3O3/c1-12-20-18(28-29-22(30)14-5-2-3-6-15(14)24)7-4-8-19(20)32-21(12)23(31)27-13-9-10-16(25)17(26)11-13/h2-3,5-6,9-11H,4,7-8H2,1H3,(H,27,31)(H,29,30)/b28-18+. The van der Waals surface area contributed by atoms with Crippen LogP contribution in [0, 0.1) is 6.92 Å². The zero-order valence-corrected chi connectivity index (χ0v) is 20.1. The maximum absolute atomic E-state index is 12.8. The molecule has 2 N–H and O–H groups in total. The van der Waals surface area contributed by atoms with Gasteiger partial charge in [-0.05, 0) is 66.0 Å². The zero-order valence-electron chi connectivity index (χ0n) is 17.0. The van der Waals surface area contributed by atoms with Crippen molar-refractivity contribution in [1.29, 1.82) is 0 Å². The van der Waals surface area contributed by atoms with Crippen molar-refractivity contribution in [2.45, 2.75) is 26.2 Å². The van der Waals surface area contributed by atoms with Gasteiger partial charge in [0.25, 0.3) is 11.8 Å². The van der Waals surface area contributed by atoms with Crippen molar-refractivity contribution in [3.63, 3.8) is 0 Å². The van der Waals surface area contributed by atoms with Gasteiger partial charge in [-0.15, -0.1) is 0 Å². The normalized spacial score (nSPS) is 14.2. The van der Waals surface area contributed by atoms with Gasteiger partial charge in [0, 0.05) is 27.7 Å². The zero-order chi connectivity index (χ0) is 22.8. The molecule has 4 rings (SSSR count). The maximum Gasteiger partial charge on any atom is 0.291 e. The number of carbonyl (C=O) groups excluding carboxylic acids is 2. The fourth-order valence-corrected chi connectivity index (χ4v) is 4.35. The van der Waals surface area contributed by atoms with Crippen LogP contribution >= 0.6 is 39.1 Å². The van der Waals surface area contributed by atoms with Crippen LogP contribution < -0.4 is 10.7 Å². The highest BCUT2D eigenvalue weighted by Gasteiger charge is 2.28. The van der Waals surface area contributed by atoms with Gasteiger partial charge < -0.3 is 9.73 Å². The molecule has 0 saturated heterocycles. The summed E-state index contributed by atoms with van der Waals surface area (Å²) < 4.78 is 6.58. The number of nitrogens with zero attached hydrogens (tertiary/aromatic N) is 1. The van der Waals surface area contributed by atoms with Gasteiger partial charge in [-0.3, -0.25) is 9.59 Å². The van der Waals surface area contributed by atoms with Gasteiger partial charge in [0.15, 0.2) is 5.76 Å². The van der Waals surface area contributed by atoms with E-state index in [1.165, 1.54) is 0 Å². The van der Waals surface area contributed by atoms with E-state index in [4.69, 9.17) is 27.6 Å².